The number of carbonyl (C=O) groups is 2. The number of hydrogen-bond donors (Lipinski definition) is 1. The van der Waals surface area contributed by atoms with Gasteiger partial charge >= 0.3 is 12.1 Å². The van der Waals surface area contributed by atoms with Gasteiger partial charge in [-0.05, 0) is 39.8 Å². The number of likely N-dealkylation sites (tertiary alicyclic amines) is 1. The predicted molar refractivity (Wildman–Crippen MR) is 69.5 cm³/mol. The second-order valence-electron chi connectivity index (χ2n) is 5.07. The predicted octanol–water partition coefficient (Wildman–Crippen LogP) is 1.33. The number of hydrogen-bond acceptors (Lipinski definition) is 4. The Morgan fingerprint density at radius 3 is 2.38 bits per heavy atom. The minimum atomic E-state index is -4.41. The van der Waals surface area contributed by atoms with Gasteiger partial charge in [0.25, 0.3) is 0 Å². The van der Waals surface area contributed by atoms with Crippen molar-refractivity contribution in [2.45, 2.75) is 38.9 Å². The van der Waals surface area contributed by atoms with E-state index in [4.69, 9.17) is 4.74 Å². The Bertz CT molecular complexity index is 366. The molecule has 1 fully saturated rings. The molecule has 8 heteroatoms. The van der Waals surface area contributed by atoms with Crippen LogP contribution in [0.25, 0.3) is 0 Å². The maximum absolute atomic E-state index is 12.1. The summed E-state index contributed by atoms with van der Waals surface area (Å²) >= 11 is 0. The highest BCUT2D eigenvalue weighted by Gasteiger charge is 2.32. The number of nitrogens with zero attached hydrogens (tertiary/aromatic N) is 1. The Kier molecular flexibility index (Phi) is 6.44. The number of nitrogens with one attached hydrogen (secondary N) is 1. The summed E-state index contributed by atoms with van der Waals surface area (Å²) in [7, 11) is 0. The van der Waals surface area contributed by atoms with Crippen LogP contribution in [0.3, 0.4) is 0 Å². The van der Waals surface area contributed by atoms with Gasteiger partial charge in [0.05, 0.1) is 18.6 Å². The molecule has 1 saturated heterocycles. The summed E-state index contributed by atoms with van der Waals surface area (Å²) in [6, 6.07) is -0.643. The Morgan fingerprint density at radius 2 is 1.90 bits per heavy atom. The van der Waals surface area contributed by atoms with Gasteiger partial charge in [-0.3, -0.25) is 14.5 Å². The first-order valence-electron chi connectivity index (χ1n) is 6.99. The van der Waals surface area contributed by atoms with Crippen molar-refractivity contribution in [2.24, 2.45) is 5.92 Å². The average molecular weight is 310 g/mol. The van der Waals surface area contributed by atoms with Crippen LogP contribution in [0, 0.1) is 5.92 Å². The van der Waals surface area contributed by atoms with Crippen LogP contribution in [-0.4, -0.2) is 55.2 Å². The molecule has 0 saturated carbocycles. The molecule has 122 valence electrons. The van der Waals surface area contributed by atoms with E-state index in [1.165, 1.54) is 0 Å². The number of esters is 1. The van der Waals surface area contributed by atoms with Crippen LogP contribution in [-0.2, 0) is 14.3 Å². The molecule has 0 aromatic carbocycles. The molecule has 1 atom stereocenters. The number of alkyl halides is 3. The number of amides is 1. The van der Waals surface area contributed by atoms with E-state index in [0.29, 0.717) is 32.5 Å². The Balaban J connectivity index is 2.39. The van der Waals surface area contributed by atoms with Crippen molar-refractivity contribution in [1.29, 1.82) is 0 Å². The summed E-state index contributed by atoms with van der Waals surface area (Å²) in [5, 5.41) is 1.88. The number of carbonyl (C=O) groups excluding carboxylic acids is 2. The zero-order valence-corrected chi connectivity index (χ0v) is 12.2. The molecule has 1 N–H and O–H groups in total. The summed E-state index contributed by atoms with van der Waals surface area (Å²) < 4.78 is 41.1. The molecule has 1 heterocycles. The van der Waals surface area contributed by atoms with Gasteiger partial charge in [-0.15, -0.1) is 0 Å². The van der Waals surface area contributed by atoms with Gasteiger partial charge in [-0.1, -0.05) is 0 Å². The van der Waals surface area contributed by atoms with Crippen molar-refractivity contribution < 1.29 is 27.5 Å². The number of piperidine rings is 1. The topological polar surface area (TPSA) is 58.6 Å². The van der Waals surface area contributed by atoms with Gasteiger partial charge in [0.15, 0.2) is 0 Å². The fourth-order valence-corrected chi connectivity index (χ4v) is 2.28. The molecule has 1 rings (SSSR count). The summed E-state index contributed by atoms with van der Waals surface area (Å²) in [5.74, 6) is -1.08. The second-order valence-corrected chi connectivity index (χ2v) is 5.07. The molecule has 0 aromatic rings. The molecule has 21 heavy (non-hydrogen) atoms. The van der Waals surface area contributed by atoms with E-state index in [1.54, 1.807) is 18.7 Å². The molecule has 1 amide bonds. The van der Waals surface area contributed by atoms with Gasteiger partial charge < -0.3 is 10.1 Å². The average Bonchev–Trinajstić information content (AvgIpc) is 2.43. The summed E-state index contributed by atoms with van der Waals surface area (Å²) in [6.45, 7) is 3.29. The highest BCUT2D eigenvalue weighted by atomic mass is 19.4. The normalized spacial score (nSPS) is 19.1. The third kappa shape index (κ3) is 5.91. The van der Waals surface area contributed by atoms with E-state index < -0.39 is 24.7 Å². The first kappa shape index (κ1) is 17.7. The zero-order valence-electron chi connectivity index (χ0n) is 12.2. The molecule has 0 spiro atoms. The third-order valence-electron chi connectivity index (χ3n) is 3.54. The largest absolute Gasteiger partial charge is 0.466 e. The maximum atomic E-state index is 12.1. The molecule has 0 bridgehead atoms. The lowest BCUT2D eigenvalue weighted by Crippen LogP contribution is -2.50. The van der Waals surface area contributed by atoms with Crippen LogP contribution < -0.4 is 5.32 Å². The van der Waals surface area contributed by atoms with Crippen molar-refractivity contribution >= 4 is 11.9 Å². The van der Waals surface area contributed by atoms with Gasteiger partial charge in [0, 0.05) is 0 Å². The lowest BCUT2D eigenvalue weighted by Gasteiger charge is -2.34. The van der Waals surface area contributed by atoms with Gasteiger partial charge in [-0.2, -0.15) is 13.2 Å². The van der Waals surface area contributed by atoms with E-state index in [-0.39, 0.29) is 11.9 Å². The Morgan fingerprint density at radius 1 is 1.33 bits per heavy atom. The van der Waals surface area contributed by atoms with Crippen molar-refractivity contribution in [3.8, 4) is 0 Å². The molecule has 0 radical (unpaired) electrons. The quantitative estimate of drug-likeness (QED) is 0.778. The summed E-state index contributed by atoms with van der Waals surface area (Å²) in [5.41, 5.74) is 0. The Hall–Kier alpha value is -1.31. The molecule has 0 aliphatic carbocycles. The lowest BCUT2D eigenvalue weighted by molar-refractivity contribution is -0.150. The second kappa shape index (κ2) is 7.63. The van der Waals surface area contributed by atoms with Crippen LogP contribution in [0.1, 0.15) is 26.7 Å². The summed E-state index contributed by atoms with van der Waals surface area (Å²) in [6.07, 6.45) is -3.31. The molecular formula is C13H21F3N2O3. The highest BCUT2D eigenvalue weighted by molar-refractivity contribution is 5.81. The molecule has 1 aliphatic heterocycles. The monoisotopic (exact) mass is 310 g/mol. The number of rotatable bonds is 5. The van der Waals surface area contributed by atoms with Crippen molar-refractivity contribution in [3.05, 3.63) is 0 Å². The fraction of sp³-hybridized carbons (Fsp3) is 0.846. The zero-order chi connectivity index (χ0) is 16.0. The first-order chi connectivity index (χ1) is 9.74. The standard InChI is InChI=1S/C13H21F3N2O3/c1-3-21-12(20)10-4-6-18(7-5-10)9(2)11(19)17-8-13(14,15)16/h9-10H,3-8H2,1-2H3,(H,17,19). The SMILES string of the molecule is CCOC(=O)C1CCN(C(C)C(=O)NCC(F)(F)F)CC1. The van der Waals surface area contributed by atoms with Crippen LogP contribution >= 0.6 is 0 Å². The van der Waals surface area contributed by atoms with Crippen LogP contribution in [0.15, 0.2) is 0 Å². The summed E-state index contributed by atoms with van der Waals surface area (Å²) in [4.78, 5) is 25.0. The van der Waals surface area contributed by atoms with Crippen molar-refractivity contribution in [2.75, 3.05) is 26.2 Å². The van der Waals surface area contributed by atoms with E-state index in [0.717, 1.165) is 0 Å². The van der Waals surface area contributed by atoms with Gasteiger partial charge in [0.1, 0.15) is 6.54 Å². The van der Waals surface area contributed by atoms with E-state index in [9.17, 15) is 22.8 Å². The number of ether oxygens (including phenoxy) is 1. The molecule has 1 unspecified atom stereocenters. The van der Waals surface area contributed by atoms with Gasteiger partial charge in [0.2, 0.25) is 5.91 Å². The van der Waals surface area contributed by atoms with E-state index >= 15 is 0 Å². The van der Waals surface area contributed by atoms with Crippen molar-refractivity contribution in [1.82, 2.24) is 10.2 Å². The van der Waals surface area contributed by atoms with Gasteiger partial charge in [-0.25, -0.2) is 0 Å². The molecule has 1 aliphatic rings. The third-order valence-corrected chi connectivity index (χ3v) is 3.54. The fourth-order valence-electron chi connectivity index (χ4n) is 2.28. The minimum absolute atomic E-state index is 0.188. The maximum Gasteiger partial charge on any atom is 0.405 e. The van der Waals surface area contributed by atoms with Crippen LogP contribution in [0.5, 0.6) is 0 Å². The van der Waals surface area contributed by atoms with Crippen molar-refractivity contribution in [3.63, 3.8) is 0 Å². The van der Waals surface area contributed by atoms with Crippen LogP contribution in [0.4, 0.5) is 13.2 Å². The highest BCUT2D eigenvalue weighted by Crippen LogP contribution is 2.20. The lowest BCUT2D eigenvalue weighted by atomic mass is 9.96. The molecule has 0 aromatic heterocycles. The molecule has 5 nitrogen and oxygen atoms in total. The van der Waals surface area contributed by atoms with E-state index in [1.807, 2.05) is 5.32 Å². The smallest absolute Gasteiger partial charge is 0.405 e. The molecular weight excluding hydrogens is 289 g/mol. The first-order valence-corrected chi connectivity index (χ1v) is 6.99. The number of halogens is 3. The Labute approximate surface area is 121 Å². The minimum Gasteiger partial charge on any atom is -0.466 e. The van der Waals surface area contributed by atoms with Crippen LogP contribution in [0.2, 0.25) is 0 Å². The van der Waals surface area contributed by atoms with E-state index in [2.05, 4.69) is 0 Å².